The first-order valence-electron chi connectivity index (χ1n) is 9.60. The van der Waals surface area contributed by atoms with E-state index >= 15 is 0 Å². The van der Waals surface area contributed by atoms with E-state index in [0.29, 0.717) is 13.0 Å². The molecule has 0 aromatic heterocycles. The van der Waals surface area contributed by atoms with Crippen molar-refractivity contribution in [2.24, 2.45) is 0 Å². The maximum absolute atomic E-state index is 13.0. The summed E-state index contributed by atoms with van der Waals surface area (Å²) < 4.78 is 0. The van der Waals surface area contributed by atoms with Crippen LogP contribution in [0.4, 0.5) is 0 Å². The molecule has 5 nitrogen and oxygen atoms in total. The SMILES string of the molecule is O=C(CCN(C(=O)c1ccccc1)C1CCCCC1)N1CCNCC1. The molecule has 1 aliphatic heterocycles. The predicted molar refractivity (Wildman–Crippen MR) is 98.4 cm³/mol. The highest BCUT2D eigenvalue weighted by Crippen LogP contribution is 2.24. The fraction of sp³-hybridized carbons (Fsp3) is 0.600. The van der Waals surface area contributed by atoms with Gasteiger partial charge in [0.25, 0.3) is 5.91 Å². The fourth-order valence-electron chi connectivity index (χ4n) is 3.88. The van der Waals surface area contributed by atoms with Crippen molar-refractivity contribution in [2.45, 2.75) is 44.6 Å². The van der Waals surface area contributed by atoms with Crippen LogP contribution in [0.5, 0.6) is 0 Å². The van der Waals surface area contributed by atoms with Gasteiger partial charge in [-0.1, -0.05) is 37.5 Å². The Kier molecular flexibility index (Phi) is 6.45. The number of rotatable bonds is 5. The molecule has 1 aromatic carbocycles. The van der Waals surface area contributed by atoms with E-state index in [2.05, 4.69) is 5.32 Å². The zero-order chi connectivity index (χ0) is 17.5. The van der Waals surface area contributed by atoms with E-state index in [0.717, 1.165) is 44.6 Å². The first-order chi connectivity index (χ1) is 12.3. The monoisotopic (exact) mass is 343 g/mol. The summed E-state index contributed by atoms with van der Waals surface area (Å²) >= 11 is 0. The van der Waals surface area contributed by atoms with Crippen molar-refractivity contribution in [3.63, 3.8) is 0 Å². The lowest BCUT2D eigenvalue weighted by Gasteiger charge is -2.35. The van der Waals surface area contributed by atoms with Crippen molar-refractivity contribution in [3.8, 4) is 0 Å². The second kappa shape index (κ2) is 8.99. The molecule has 5 heteroatoms. The fourth-order valence-corrected chi connectivity index (χ4v) is 3.88. The van der Waals surface area contributed by atoms with Gasteiger partial charge in [0, 0.05) is 50.7 Å². The Morgan fingerprint density at radius 2 is 1.72 bits per heavy atom. The van der Waals surface area contributed by atoms with Crippen LogP contribution in [0.3, 0.4) is 0 Å². The molecule has 1 aliphatic carbocycles. The lowest BCUT2D eigenvalue weighted by Crippen LogP contribution is -2.48. The summed E-state index contributed by atoms with van der Waals surface area (Å²) in [5.41, 5.74) is 0.725. The van der Waals surface area contributed by atoms with Gasteiger partial charge in [0.15, 0.2) is 0 Å². The molecule has 0 spiro atoms. The van der Waals surface area contributed by atoms with Crippen molar-refractivity contribution in [3.05, 3.63) is 35.9 Å². The van der Waals surface area contributed by atoms with E-state index in [4.69, 9.17) is 0 Å². The van der Waals surface area contributed by atoms with Gasteiger partial charge >= 0.3 is 0 Å². The second-order valence-corrected chi connectivity index (χ2v) is 7.04. The normalized spacial score (nSPS) is 18.8. The Labute approximate surface area is 150 Å². The zero-order valence-corrected chi connectivity index (χ0v) is 15.0. The van der Waals surface area contributed by atoms with Gasteiger partial charge in [-0.05, 0) is 25.0 Å². The standard InChI is InChI=1S/C20H29N3O2/c24-19(22-15-12-21-13-16-22)11-14-23(18-9-5-2-6-10-18)20(25)17-7-3-1-4-8-17/h1,3-4,7-8,18,21H,2,5-6,9-16H2. The number of carbonyl (C=O) groups excluding carboxylic acids is 2. The lowest BCUT2D eigenvalue weighted by atomic mass is 9.93. The first kappa shape index (κ1) is 17.9. The summed E-state index contributed by atoms with van der Waals surface area (Å²) in [6.45, 7) is 3.80. The molecule has 0 unspecified atom stereocenters. The van der Waals surface area contributed by atoms with Gasteiger partial charge < -0.3 is 15.1 Å². The van der Waals surface area contributed by atoms with Crippen molar-refractivity contribution < 1.29 is 9.59 Å². The van der Waals surface area contributed by atoms with E-state index < -0.39 is 0 Å². The molecule has 2 aliphatic rings. The summed E-state index contributed by atoms with van der Waals surface area (Å²) in [7, 11) is 0. The van der Waals surface area contributed by atoms with Crippen LogP contribution in [0.2, 0.25) is 0 Å². The van der Waals surface area contributed by atoms with Crippen molar-refractivity contribution >= 4 is 11.8 Å². The zero-order valence-electron chi connectivity index (χ0n) is 15.0. The summed E-state index contributed by atoms with van der Waals surface area (Å²) in [4.78, 5) is 29.4. The highest BCUT2D eigenvalue weighted by molar-refractivity contribution is 5.94. The van der Waals surface area contributed by atoms with E-state index in [1.807, 2.05) is 40.1 Å². The topological polar surface area (TPSA) is 52.7 Å². The van der Waals surface area contributed by atoms with Crippen LogP contribution in [0, 0.1) is 0 Å². The molecule has 1 heterocycles. The van der Waals surface area contributed by atoms with Crippen LogP contribution in [-0.4, -0.2) is 60.4 Å². The van der Waals surface area contributed by atoms with Crippen LogP contribution in [0.1, 0.15) is 48.9 Å². The highest BCUT2D eigenvalue weighted by Gasteiger charge is 2.27. The molecule has 1 aromatic rings. The lowest BCUT2D eigenvalue weighted by molar-refractivity contribution is -0.132. The van der Waals surface area contributed by atoms with Gasteiger partial charge in [0.1, 0.15) is 0 Å². The quantitative estimate of drug-likeness (QED) is 0.892. The van der Waals surface area contributed by atoms with Crippen LogP contribution < -0.4 is 5.32 Å². The smallest absolute Gasteiger partial charge is 0.254 e. The van der Waals surface area contributed by atoms with Crippen LogP contribution >= 0.6 is 0 Å². The van der Waals surface area contributed by atoms with Crippen LogP contribution in [0.15, 0.2) is 30.3 Å². The molecule has 0 radical (unpaired) electrons. The van der Waals surface area contributed by atoms with Crippen molar-refractivity contribution in [1.29, 1.82) is 0 Å². The number of nitrogens with one attached hydrogen (secondary N) is 1. The minimum atomic E-state index is 0.0700. The molecule has 2 fully saturated rings. The van der Waals surface area contributed by atoms with E-state index in [9.17, 15) is 9.59 Å². The number of amides is 2. The third-order valence-corrected chi connectivity index (χ3v) is 5.33. The van der Waals surface area contributed by atoms with Crippen molar-refractivity contribution in [2.75, 3.05) is 32.7 Å². The minimum Gasteiger partial charge on any atom is -0.340 e. The highest BCUT2D eigenvalue weighted by atomic mass is 16.2. The Morgan fingerprint density at radius 3 is 2.40 bits per heavy atom. The Morgan fingerprint density at radius 1 is 1.04 bits per heavy atom. The van der Waals surface area contributed by atoms with Gasteiger partial charge in [0.05, 0.1) is 0 Å². The number of benzene rings is 1. The van der Waals surface area contributed by atoms with E-state index in [-0.39, 0.29) is 17.9 Å². The van der Waals surface area contributed by atoms with Crippen LogP contribution in [0.25, 0.3) is 0 Å². The summed E-state index contributed by atoms with van der Waals surface area (Å²) in [5.74, 6) is 0.240. The van der Waals surface area contributed by atoms with Crippen molar-refractivity contribution in [1.82, 2.24) is 15.1 Å². The van der Waals surface area contributed by atoms with E-state index in [1.54, 1.807) is 0 Å². The average Bonchev–Trinajstić information content (AvgIpc) is 2.70. The molecule has 3 rings (SSSR count). The molecule has 25 heavy (non-hydrogen) atoms. The molecule has 1 saturated heterocycles. The second-order valence-electron chi connectivity index (χ2n) is 7.04. The number of hydrogen-bond donors (Lipinski definition) is 1. The van der Waals surface area contributed by atoms with Gasteiger partial charge in [0.2, 0.25) is 5.91 Å². The van der Waals surface area contributed by atoms with Gasteiger partial charge in [-0.15, -0.1) is 0 Å². The Balaban J connectivity index is 1.65. The van der Waals surface area contributed by atoms with Crippen LogP contribution in [-0.2, 0) is 4.79 Å². The molecular weight excluding hydrogens is 314 g/mol. The van der Waals surface area contributed by atoms with E-state index in [1.165, 1.54) is 19.3 Å². The predicted octanol–water partition coefficient (Wildman–Crippen LogP) is 2.28. The van der Waals surface area contributed by atoms with Gasteiger partial charge in [-0.25, -0.2) is 0 Å². The molecule has 2 amide bonds. The molecule has 0 bridgehead atoms. The largest absolute Gasteiger partial charge is 0.340 e. The molecule has 1 saturated carbocycles. The summed E-state index contributed by atoms with van der Waals surface area (Å²) in [6, 6.07) is 9.75. The molecular formula is C20H29N3O2. The Bertz CT molecular complexity index is 564. The number of hydrogen-bond acceptors (Lipinski definition) is 3. The third-order valence-electron chi connectivity index (χ3n) is 5.33. The first-order valence-corrected chi connectivity index (χ1v) is 9.60. The summed E-state index contributed by atoms with van der Waals surface area (Å²) in [5, 5.41) is 3.27. The number of nitrogens with zero attached hydrogens (tertiary/aromatic N) is 2. The minimum absolute atomic E-state index is 0.0700. The molecule has 136 valence electrons. The third kappa shape index (κ3) is 4.82. The maximum atomic E-state index is 13.0. The number of carbonyl (C=O) groups is 2. The van der Waals surface area contributed by atoms with Gasteiger partial charge in [-0.3, -0.25) is 9.59 Å². The molecule has 1 N–H and O–H groups in total. The molecule has 0 atom stereocenters. The summed E-state index contributed by atoms with van der Waals surface area (Å²) in [6.07, 6.45) is 6.14. The number of piperazine rings is 1. The Hall–Kier alpha value is -1.88. The maximum Gasteiger partial charge on any atom is 0.254 e. The van der Waals surface area contributed by atoms with Gasteiger partial charge in [-0.2, -0.15) is 0 Å². The average molecular weight is 343 g/mol.